The fourth-order valence-electron chi connectivity index (χ4n) is 5.00. The topological polar surface area (TPSA) is 162 Å². The lowest BCUT2D eigenvalue weighted by Gasteiger charge is -2.50. The van der Waals surface area contributed by atoms with Crippen molar-refractivity contribution in [3.8, 4) is 17.2 Å². The molecule has 1 aromatic rings. The van der Waals surface area contributed by atoms with Crippen LogP contribution >= 0.6 is 0 Å². The average molecular weight is 507 g/mol. The number of carbonyl (C=O) groups is 5. The standard InChI is InChI=1S/C23H25NO12/c1-8(25)33-19-14-12-6-13-17(32-7-31-13)18(30-5)15(12)23(29)24-16(14)20(34-9(2)26)22(36-11(4)28)21(19)35-10(3)27/h6,14,16,19-22H,7H2,1-5H3,(H,24,29)/t14?,16-,19?,20?,21+,22+/m1/s1. The molecule has 194 valence electrons. The molecule has 0 spiro atoms. The molecule has 2 heterocycles. The Morgan fingerprint density at radius 2 is 1.36 bits per heavy atom. The van der Waals surface area contributed by atoms with Crippen LogP contribution in [0, 0.1) is 0 Å². The van der Waals surface area contributed by atoms with E-state index in [0.717, 1.165) is 27.7 Å². The van der Waals surface area contributed by atoms with E-state index in [1.165, 1.54) is 13.2 Å². The van der Waals surface area contributed by atoms with Gasteiger partial charge in [0, 0.05) is 27.7 Å². The van der Waals surface area contributed by atoms with Crippen LogP contribution in [0.2, 0.25) is 0 Å². The highest BCUT2D eigenvalue weighted by Crippen LogP contribution is 2.51. The molecule has 4 rings (SSSR count). The summed E-state index contributed by atoms with van der Waals surface area (Å²) in [6.45, 7) is 4.42. The lowest BCUT2D eigenvalue weighted by molar-refractivity contribution is -0.217. The minimum atomic E-state index is -1.40. The number of methoxy groups -OCH3 is 1. The summed E-state index contributed by atoms with van der Waals surface area (Å²) in [5.41, 5.74) is 0.390. The molecular formula is C23H25NO12. The molecule has 6 atom stereocenters. The highest BCUT2D eigenvalue weighted by atomic mass is 16.7. The third-order valence-electron chi connectivity index (χ3n) is 6.01. The van der Waals surface area contributed by atoms with Crippen LogP contribution < -0.4 is 19.5 Å². The van der Waals surface area contributed by atoms with Crippen molar-refractivity contribution in [1.82, 2.24) is 5.32 Å². The maximum atomic E-state index is 13.3. The first-order valence-corrected chi connectivity index (χ1v) is 11.0. The van der Waals surface area contributed by atoms with E-state index in [1.807, 2.05) is 0 Å². The molecule has 0 radical (unpaired) electrons. The number of hydrogen-bond donors (Lipinski definition) is 1. The Morgan fingerprint density at radius 3 is 1.92 bits per heavy atom. The van der Waals surface area contributed by atoms with Crippen molar-refractivity contribution >= 4 is 29.8 Å². The molecule has 13 nitrogen and oxygen atoms in total. The summed E-state index contributed by atoms with van der Waals surface area (Å²) in [6, 6.07) is 0.481. The van der Waals surface area contributed by atoms with Gasteiger partial charge in [0.1, 0.15) is 0 Å². The monoisotopic (exact) mass is 507 g/mol. The van der Waals surface area contributed by atoms with E-state index in [2.05, 4.69) is 5.32 Å². The molecule has 0 bridgehead atoms. The van der Waals surface area contributed by atoms with Crippen LogP contribution in [0.4, 0.5) is 0 Å². The summed E-state index contributed by atoms with van der Waals surface area (Å²) < 4.78 is 38.5. The zero-order chi connectivity index (χ0) is 26.3. The van der Waals surface area contributed by atoms with Crippen molar-refractivity contribution in [2.75, 3.05) is 13.9 Å². The van der Waals surface area contributed by atoms with Gasteiger partial charge < -0.3 is 38.5 Å². The summed E-state index contributed by atoms with van der Waals surface area (Å²) in [4.78, 5) is 61.7. The molecule has 13 heteroatoms. The van der Waals surface area contributed by atoms with Gasteiger partial charge in [-0.3, -0.25) is 24.0 Å². The van der Waals surface area contributed by atoms with Gasteiger partial charge in [-0.1, -0.05) is 0 Å². The number of benzene rings is 1. The van der Waals surface area contributed by atoms with Crippen molar-refractivity contribution in [3.05, 3.63) is 17.2 Å². The summed E-state index contributed by atoms with van der Waals surface area (Å²) in [6.07, 6.45) is -5.36. The van der Waals surface area contributed by atoms with Gasteiger partial charge in [-0.2, -0.15) is 0 Å². The van der Waals surface area contributed by atoms with Gasteiger partial charge in [-0.05, 0) is 11.6 Å². The van der Waals surface area contributed by atoms with Crippen LogP contribution in [0.1, 0.15) is 49.5 Å². The second kappa shape index (κ2) is 9.55. The van der Waals surface area contributed by atoms with E-state index in [1.54, 1.807) is 0 Å². The van der Waals surface area contributed by atoms with Gasteiger partial charge in [0.2, 0.25) is 12.5 Å². The van der Waals surface area contributed by atoms with Crippen molar-refractivity contribution in [1.29, 1.82) is 0 Å². The Balaban J connectivity index is 1.97. The number of carbonyl (C=O) groups excluding carboxylic acids is 5. The third-order valence-corrected chi connectivity index (χ3v) is 6.01. The summed E-state index contributed by atoms with van der Waals surface area (Å²) in [5, 5.41) is 2.76. The van der Waals surface area contributed by atoms with Gasteiger partial charge in [0.25, 0.3) is 5.91 Å². The SMILES string of the molecule is COc1c2c(cc3c1C(=O)N[C@@H]1C3C(OC(C)=O)[C@H](OC(C)=O)[C@@H](OC(C)=O)C1OC(C)=O)OCO2. The van der Waals surface area contributed by atoms with Crippen LogP contribution in [0.15, 0.2) is 6.07 Å². The molecule has 1 aliphatic carbocycles. The molecule has 0 aromatic heterocycles. The van der Waals surface area contributed by atoms with Crippen LogP contribution in [-0.2, 0) is 38.1 Å². The first kappa shape index (κ1) is 25.1. The minimum Gasteiger partial charge on any atom is -0.492 e. The number of nitrogens with one attached hydrogen (secondary N) is 1. The molecule has 2 aliphatic heterocycles. The minimum absolute atomic E-state index is 0.0780. The van der Waals surface area contributed by atoms with Gasteiger partial charge >= 0.3 is 23.9 Å². The normalized spacial score (nSPS) is 27.5. The molecule has 1 amide bonds. The summed E-state index contributed by atoms with van der Waals surface area (Å²) >= 11 is 0. The second-order valence-corrected chi connectivity index (χ2v) is 8.43. The first-order valence-electron chi connectivity index (χ1n) is 11.0. The molecule has 1 saturated carbocycles. The molecular weight excluding hydrogens is 482 g/mol. The fraction of sp³-hybridized carbons (Fsp3) is 0.522. The number of amides is 1. The Kier molecular flexibility index (Phi) is 6.65. The van der Waals surface area contributed by atoms with E-state index in [9.17, 15) is 24.0 Å². The Labute approximate surface area is 205 Å². The highest BCUT2D eigenvalue weighted by Gasteiger charge is 2.60. The van der Waals surface area contributed by atoms with Crippen LogP contribution in [0.5, 0.6) is 17.2 Å². The summed E-state index contributed by atoms with van der Waals surface area (Å²) in [7, 11) is 1.35. The Morgan fingerprint density at radius 1 is 0.833 bits per heavy atom. The van der Waals surface area contributed by atoms with Crippen LogP contribution in [0.3, 0.4) is 0 Å². The third kappa shape index (κ3) is 4.36. The molecule has 3 unspecified atom stereocenters. The highest BCUT2D eigenvalue weighted by molar-refractivity contribution is 6.02. The number of hydrogen-bond acceptors (Lipinski definition) is 12. The first-order chi connectivity index (χ1) is 17.0. The fourth-order valence-corrected chi connectivity index (χ4v) is 5.00. The average Bonchev–Trinajstić information content (AvgIpc) is 3.24. The van der Waals surface area contributed by atoms with E-state index in [4.69, 9.17) is 33.2 Å². The van der Waals surface area contributed by atoms with Crippen molar-refractivity contribution in [2.45, 2.75) is 64.1 Å². The Bertz CT molecular complexity index is 1130. The smallest absolute Gasteiger partial charge is 0.303 e. The molecule has 3 aliphatic rings. The lowest BCUT2D eigenvalue weighted by atomic mass is 9.69. The van der Waals surface area contributed by atoms with E-state index < -0.39 is 66.2 Å². The van der Waals surface area contributed by atoms with Gasteiger partial charge in [0.05, 0.1) is 24.6 Å². The van der Waals surface area contributed by atoms with Crippen molar-refractivity contribution < 1.29 is 57.1 Å². The van der Waals surface area contributed by atoms with Gasteiger partial charge in [-0.25, -0.2) is 0 Å². The van der Waals surface area contributed by atoms with Crippen molar-refractivity contribution in [2.24, 2.45) is 0 Å². The maximum Gasteiger partial charge on any atom is 0.303 e. The van der Waals surface area contributed by atoms with Gasteiger partial charge in [0.15, 0.2) is 35.9 Å². The predicted molar refractivity (Wildman–Crippen MR) is 115 cm³/mol. The van der Waals surface area contributed by atoms with Crippen molar-refractivity contribution in [3.63, 3.8) is 0 Å². The zero-order valence-electron chi connectivity index (χ0n) is 20.1. The van der Waals surface area contributed by atoms with Crippen LogP contribution in [0.25, 0.3) is 0 Å². The number of rotatable bonds is 5. The number of esters is 4. The maximum absolute atomic E-state index is 13.3. The zero-order valence-corrected chi connectivity index (χ0v) is 20.1. The van der Waals surface area contributed by atoms with Crippen LogP contribution in [-0.4, -0.2) is 74.1 Å². The van der Waals surface area contributed by atoms with E-state index in [0.29, 0.717) is 5.56 Å². The number of ether oxygens (including phenoxy) is 7. The molecule has 1 aromatic carbocycles. The predicted octanol–water partition coefficient (Wildman–Crippen LogP) is 0.360. The second-order valence-electron chi connectivity index (χ2n) is 8.43. The largest absolute Gasteiger partial charge is 0.492 e. The molecule has 1 fully saturated rings. The lowest BCUT2D eigenvalue weighted by Crippen LogP contribution is -2.69. The van der Waals surface area contributed by atoms with E-state index in [-0.39, 0.29) is 29.6 Å². The molecule has 1 N–H and O–H groups in total. The Hall–Kier alpha value is -4.03. The summed E-state index contributed by atoms with van der Waals surface area (Å²) in [5.74, 6) is -3.97. The van der Waals surface area contributed by atoms with Gasteiger partial charge in [-0.15, -0.1) is 0 Å². The number of fused-ring (bicyclic) bond motifs is 4. The molecule has 36 heavy (non-hydrogen) atoms. The quantitative estimate of drug-likeness (QED) is 0.431. The molecule has 0 saturated heterocycles. The van der Waals surface area contributed by atoms with E-state index >= 15 is 0 Å².